The Kier molecular flexibility index (Phi) is 4.30. The van der Waals surface area contributed by atoms with Gasteiger partial charge in [0.15, 0.2) is 0 Å². The normalized spacial score (nSPS) is 18.4. The first kappa shape index (κ1) is 14.1. The van der Waals surface area contributed by atoms with Crippen molar-refractivity contribution in [1.29, 1.82) is 0 Å². The highest BCUT2D eigenvalue weighted by molar-refractivity contribution is 6.20. The van der Waals surface area contributed by atoms with Gasteiger partial charge in [-0.25, -0.2) is 0 Å². The molecule has 1 atom stereocenters. The SMILES string of the molecule is CC(Cl)C1CCN(C(=O)c2ccn(C)c(=O)c2)CC1. The number of aryl methyl sites for hydroxylation is 1. The van der Waals surface area contributed by atoms with E-state index in [1.54, 1.807) is 19.3 Å². The molecule has 2 rings (SSSR count). The first-order valence-corrected chi connectivity index (χ1v) is 7.02. The maximum absolute atomic E-state index is 12.3. The van der Waals surface area contributed by atoms with Gasteiger partial charge in [-0.1, -0.05) is 0 Å². The summed E-state index contributed by atoms with van der Waals surface area (Å²) in [5.41, 5.74) is 0.315. The van der Waals surface area contributed by atoms with Crippen LogP contribution in [0.3, 0.4) is 0 Å². The van der Waals surface area contributed by atoms with Gasteiger partial charge in [0.1, 0.15) is 0 Å². The van der Waals surface area contributed by atoms with Crippen LogP contribution < -0.4 is 5.56 Å². The summed E-state index contributed by atoms with van der Waals surface area (Å²) in [5, 5.41) is 0.154. The summed E-state index contributed by atoms with van der Waals surface area (Å²) in [4.78, 5) is 25.6. The molecule has 1 amide bonds. The fraction of sp³-hybridized carbons (Fsp3) is 0.571. The van der Waals surface area contributed by atoms with Crippen molar-refractivity contribution in [3.63, 3.8) is 0 Å². The third-order valence-electron chi connectivity index (χ3n) is 3.83. The highest BCUT2D eigenvalue weighted by Gasteiger charge is 2.26. The molecule has 1 aromatic heterocycles. The topological polar surface area (TPSA) is 42.3 Å². The van der Waals surface area contributed by atoms with E-state index in [-0.39, 0.29) is 16.8 Å². The maximum Gasteiger partial charge on any atom is 0.254 e. The molecule has 0 radical (unpaired) electrons. The van der Waals surface area contributed by atoms with Crippen LogP contribution in [0, 0.1) is 5.92 Å². The Balaban J connectivity index is 2.05. The third-order valence-corrected chi connectivity index (χ3v) is 4.18. The summed E-state index contributed by atoms with van der Waals surface area (Å²) in [5.74, 6) is 0.424. The van der Waals surface area contributed by atoms with Gasteiger partial charge in [-0.15, -0.1) is 11.6 Å². The molecule has 0 spiro atoms. The van der Waals surface area contributed by atoms with Crippen molar-refractivity contribution in [2.24, 2.45) is 13.0 Å². The number of amides is 1. The largest absolute Gasteiger partial charge is 0.339 e. The van der Waals surface area contributed by atoms with Crippen LogP contribution in [0.25, 0.3) is 0 Å². The molecule has 4 nitrogen and oxygen atoms in total. The van der Waals surface area contributed by atoms with E-state index in [0.29, 0.717) is 11.5 Å². The molecular weight excluding hydrogens is 264 g/mol. The summed E-state index contributed by atoms with van der Waals surface area (Å²) >= 11 is 6.09. The molecule has 2 heterocycles. The smallest absolute Gasteiger partial charge is 0.254 e. The minimum absolute atomic E-state index is 0.0571. The molecule has 1 fully saturated rings. The fourth-order valence-corrected chi connectivity index (χ4v) is 2.68. The van der Waals surface area contributed by atoms with Crippen LogP contribution in [0.15, 0.2) is 23.1 Å². The number of likely N-dealkylation sites (tertiary alicyclic amines) is 1. The molecule has 19 heavy (non-hydrogen) atoms. The highest BCUT2D eigenvalue weighted by Crippen LogP contribution is 2.24. The molecule has 0 saturated carbocycles. The van der Waals surface area contributed by atoms with Crippen LogP contribution in [0.1, 0.15) is 30.1 Å². The lowest BCUT2D eigenvalue weighted by atomic mass is 9.93. The van der Waals surface area contributed by atoms with Gasteiger partial charge in [0.2, 0.25) is 0 Å². The van der Waals surface area contributed by atoms with Gasteiger partial charge in [-0.3, -0.25) is 9.59 Å². The zero-order chi connectivity index (χ0) is 14.0. The number of hydrogen-bond donors (Lipinski definition) is 0. The summed E-state index contributed by atoms with van der Waals surface area (Å²) < 4.78 is 1.46. The van der Waals surface area contributed by atoms with E-state index in [1.807, 2.05) is 11.8 Å². The Labute approximate surface area is 118 Å². The van der Waals surface area contributed by atoms with Crippen molar-refractivity contribution in [2.75, 3.05) is 13.1 Å². The second kappa shape index (κ2) is 5.78. The minimum atomic E-state index is -0.157. The zero-order valence-corrected chi connectivity index (χ0v) is 12.1. The molecule has 1 unspecified atom stereocenters. The number of halogens is 1. The van der Waals surface area contributed by atoms with Crippen molar-refractivity contribution in [2.45, 2.75) is 25.1 Å². The predicted octanol–water partition coefficient (Wildman–Crippen LogP) is 1.86. The molecule has 0 aromatic carbocycles. The molecule has 0 N–H and O–H groups in total. The Morgan fingerprint density at radius 2 is 2.05 bits per heavy atom. The number of hydrogen-bond acceptors (Lipinski definition) is 2. The molecule has 1 saturated heterocycles. The first-order chi connectivity index (χ1) is 8.99. The first-order valence-electron chi connectivity index (χ1n) is 6.59. The lowest BCUT2D eigenvalue weighted by Crippen LogP contribution is -2.40. The molecule has 0 aliphatic carbocycles. The predicted molar refractivity (Wildman–Crippen MR) is 75.6 cm³/mol. The van der Waals surface area contributed by atoms with E-state index in [4.69, 9.17) is 11.6 Å². The number of piperidine rings is 1. The number of nitrogens with zero attached hydrogens (tertiary/aromatic N) is 2. The van der Waals surface area contributed by atoms with E-state index in [1.165, 1.54) is 10.6 Å². The Morgan fingerprint density at radius 1 is 1.42 bits per heavy atom. The standard InChI is InChI=1S/C14H19ClN2O2/c1-10(15)11-4-7-17(8-5-11)14(19)12-3-6-16(2)13(18)9-12/h3,6,9-11H,4-5,7-8H2,1-2H3. The average molecular weight is 283 g/mol. The van der Waals surface area contributed by atoms with E-state index in [9.17, 15) is 9.59 Å². The molecule has 1 aliphatic heterocycles. The lowest BCUT2D eigenvalue weighted by molar-refractivity contribution is 0.0689. The second-order valence-corrected chi connectivity index (χ2v) is 5.86. The van der Waals surface area contributed by atoms with Gasteiger partial charge >= 0.3 is 0 Å². The van der Waals surface area contributed by atoms with Gasteiger partial charge in [0, 0.05) is 43.3 Å². The molecular formula is C14H19ClN2O2. The van der Waals surface area contributed by atoms with Crippen molar-refractivity contribution in [3.8, 4) is 0 Å². The Bertz CT molecular complexity index is 516. The summed E-state index contributed by atoms with van der Waals surface area (Å²) in [6.07, 6.45) is 3.49. The lowest BCUT2D eigenvalue weighted by Gasteiger charge is -2.33. The second-order valence-electron chi connectivity index (χ2n) is 5.17. The van der Waals surface area contributed by atoms with E-state index in [0.717, 1.165) is 25.9 Å². The van der Waals surface area contributed by atoms with Crippen LogP contribution in [0.4, 0.5) is 0 Å². The molecule has 5 heteroatoms. The van der Waals surface area contributed by atoms with E-state index in [2.05, 4.69) is 0 Å². The minimum Gasteiger partial charge on any atom is -0.339 e. The summed E-state index contributed by atoms with van der Waals surface area (Å²) in [6.45, 7) is 3.44. The van der Waals surface area contributed by atoms with Crippen LogP contribution >= 0.6 is 11.6 Å². The monoisotopic (exact) mass is 282 g/mol. The van der Waals surface area contributed by atoms with E-state index >= 15 is 0 Å². The number of pyridine rings is 1. The van der Waals surface area contributed by atoms with Crippen molar-refractivity contribution < 1.29 is 4.79 Å². The summed E-state index contributed by atoms with van der Waals surface area (Å²) in [6, 6.07) is 3.10. The highest BCUT2D eigenvalue weighted by atomic mass is 35.5. The summed E-state index contributed by atoms with van der Waals surface area (Å²) in [7, 11) is 1.67. The quantitative estimate of drug-likeness (QED) is 0.777. The Morgan fingerprint density at radius 3 is 2.58 bits per heavy atom. The zero-order valence-electron chi connectivity index (χ0n) is 11.3. The number of rotatable bonds is 2. The number of aromatic nitrogens is 1. The molecule has 0 bridgehead atoms. The maximum atomic E-state index is 12.3. The van der Waals surface area contributed by atoms with E-state index < -0.39 is 0 Å². The number of alkyl halides is 1. The molecule has 104 valence electrons. The number of carbonyl (C=O) groups is 1. The van der Waals surface area contributed by atoms with Crippen molar-refractivity contribution in [1.82, 2.24) is 9.47 Å². The molecule has 1 aromatic rings. The van der Waals surface area contributed by atoms with Crippen LogP contribution in [-0.2, 0) is 7.05 Å². The van der Waals surface area contributed by atoms with Gasteiger partial charge in [0.25, 0.3) is 11.5 Å². The number of carbonyl (C=O) groups excluding carboxylic acids is 1. The van der Waals surface area contributed by atoms with Gasteiger partial charge < -0.3 is 9.47 Å². The van der Waals surface area contributed by atoms with Crippen LogP contribution in [-0.4, -0.2) is 33.8 Å². The Hall–Kier alpha value is -1.29. The van der Waals surface area contributed by atoms with Crippen molar-refractivity contribution in [3.05, 3.63) is 34.2 Å². The van der Waals surface area contributed by atoms with Crippen molar-refractivity contribution >= 4 is 17.5 Å². The third kappa shape index (κ3) is 3.18. The van der Waals surface area contributed by atoms with Crippen LogP contribution in [0.2, 0.25) is 0 Å². The van der Waals surface area contributed by atoms with Crippen LogP contribution in [0.5, 0.6) is 0 Å². The molecule has 1 aliphatic rings. The fourth-order valence-electron chi connectivity index (χ4n) is 2.43. The average Bonchev–Trinajstić information content (AvgIpc) is 2.41. The van der Waals surface area contributed by atoms with Gasteiger partial charge in [-0.05, 0) is 31.7 Å². The van der Waals surface area contributed by atoms with Gasteiger partial charge in [0.05, 0.1) is 0 Å². The van der Waals surface area contributed by atoms with Gasteiger partial charge in [-0.2, -0.15) is 0 Å².